The van der Waals surface area contributed by atoms with Crippen LogP contribution < -0.4 is 11.3 Å². The monoisotopic (exact) mass is 323 g/mol. The Morgan fingerprint density at radius 2 is 2.11 bits per heavy atom. The number of aromatic nitrogens is 2. The van der Waals surface area contributed by atoms with Gasteiger partial charge in [-0.1, -0.05) is 34.1 Å². The summed E-state index contributed by atoms with van der Waals surface area (Å²) >= 11 is 3.29. The van der Waals surface area contributed by atoms with E-state index in [1.807, 2.05) is 0 Å². The average molecular weight is 324 g/mol. The number of nitrogens with one attached hydrogen (secondary N) is 1. The number of aromatic amines is 1. The number of nitrogens with zero attached hydrogens (tertiary/aromatic N) is 1. The highest BCUT2D eigenvalue weighted by atomic mass is 79.9. The molecule has 0 saturated heterocycles. The van der Waals surface area contributed by atoms with Crippen LogP contribution in [0.15, 0.2) is 33.5 Å². The SMILES string of the molecule is NC(=O)Cc1nc(O)c(-c2ccccc2Br)c(=O)[nH]1. The van der Waals surface area contributed by atoms with Crippen molar-refractivity contribution < 1.29 is 9.90 Å². The van der Waals surface area contributed by atoms with Gasteiger partial charge in [0.05, 0.1) is 6.42 Å². The van der Waals surface area contributed by atoms with Crippen LogP contribution in [0, 0.1) is 0 Å². The van der Waals surface area contributed by atoms with Crippen LogP contribution in [0.5, 0.6) is 5.88 Å². The highest BCUT2D eigenvalue weighted by Crippen LogP contribution is 2.29. The first-order valence-electron chi connectivity index (χ1n) is 5.34. The Bertz CT molecular complexity index is 697. The second kappa shape index (κ2) is 5.23. The van der Waals surface area contributed by atoms with Crippen molar-refractivity contribution >= 4 is 21.8 Å². The second-order valence-electron chi connectivity index (χ2n) is 3.83. The van der Waals surface area contributed by atoms with Crippen molar-refractivity contribution in [3.8, 4) is 17.0 Å². The summed E-state index contributed by atoms with van der Waals surface area (Å²) in [4.78, 5) is 28.9. The number of primary amides is 1. The van der Waals surface area contributed by atoms with Crippen molar-refractivity contribution in [2.45, 2.75) is 6.42 Å². The molecule has 0 bridgehead atoms. The van der Waals surface area contributed by atoms with E-state index in [2.05, 4.69) is 25.9 Å². The van der Waals surface area contributed by atoms with Gasteiger partial charge in [-0.2, -0.15) is 4.98 Å². The summed E-state index contributed by atoms with van der Waals surface area (Å²) in [6.07, 6.45) is -0.237. The summed E-state index contributed by atoms with van der Waals surface area (Å²) in [6.45, 7) is 0. The topological polar surface area (TPSA) is 109 Å². The Morgan fingerprint density at radius 3 is 2.68 bits per heavy atom. The van der Waals surface area contributed by atoms with Gasteiger partial charge in [-0.15, -0.1) is 0 Å². The molecule has 4 N–H and O–H groups in total. The normalized spacial score (nSPS) is 10.4. The number of rotatable bonds is 3. The van der Waals surface area contributed by atoms with Crippen molar-refractivity contribution in [3.05, 3.63) is 44.9 Å². The predicted octanol–water partition coefficient (Wildman–Crippen LogP) is 0.933. The summed E-state index contributed by atoms with van der Waals surface area (Å²) in [6, 6.07) is 6.93. The molecular formula is C12H10BrN3O3. The van der Waals surface area contributed by atoms with Gasteiger partial charge in [-0.25, -0.2) is 0 Å². The van der Waals surface area contributed by atoms with Crippen molar-refractivity contribution in [1.82, 2.24) is 9.97 Å². The van der Waals surface area contributed by atoms with E-state index < -0.39 is 17.3 Å². The number of carbonyl (C=O) groups excluding carboxylic acids is 1. The standard InChI is InChI=1S/C12H10BrN3O3/c13-7-4-2-1-3-6(7)10-11(18)15-9(5-8(14)17)16-12(10)19/h1-4H,5H2,(H2,14,17)(H2,15,16,18,19). The number of carbonyl (C=O) groups is 1. The molecule has 0 saturated carbocycles. The first-order chi connectivity index (χ1) is 8.99. The zero-order valence-electron chi connectivity index (χ0n) is 9.68. The Labute approximate surface area is 116 Å². The Kier molecular flexibility index (Phi) is 3.66. The number of amides is 1. The fourth-order valence-corrected chi connectivity index (χ4v) is 2.15. The van der Waals surface area contributed by atoms with E-state index in [1.165, 1.54) is 0 Å². The van der Waals surface area contributed by atoms with E-state index in [1.54, 1.807) is 24.3 Å². The summed E-state index contributed by atoms with van der Waals surface area (Å²) in [7, 11) is 0. The largest absolute Gasteiger partial charge is 0.493 e. The zero-order chi connectivity index (χ0) is 14.0. The van der Waals surface area contributed by atoms with Gasteiger partial charge in [0.25, 0.3) is 5.56 Å². The quantitative estimate of drug-likeness (QED) is 0.780. The number of hydrogen-bond acceptors (Lipinski definition) is 4. The molecule has 0 spiro atoms. The molecule has 7 heteroatoms. The Hall–Kier alpha value is -2.15. The van der Waals surface area contributed by atoms with E-state index in [9.17, 15) is 14.7 Å². The summed E-state index contributed by atoms with van der Waals surface area (Å²) in [5, 5.41) is 9.86. The Balaban J connectivity index is 2.58. The van der Waals surface area contributed by atoms with Gasteiger partial charge in [0.2, 0.25) is 11.8 Å². The van der Waals surface area contributed by atoms with E-state index >= 15 is 0 Å². The molecule has 1 heterocycles. The van der Waals surface area contributed by atoms with Crippen molar-refractivity contribution in [3.63, 3.8) is 0 Å². The fraction of sp³-hybridized carbons (Fsp3) is 0.0833. The van der Waals surface area contributed by atoms with E-state index in [0.717, 1.165) is 0 Å². The molecule has 2 rings (SSSR count). The van der Waals surface area contributed by atoms with E-state index in [0.29, 0.717) is 10.0 Å². The molecule has 1 amide bonds. The van der Waals surface area contributed by atoms with Crippen LogP contribution in [0.25, 0.3) is 11.1 Å². The minimum Gasteiger partial charge on any atom is -0.493 e. The lowest BCUT2D eigenvalue weighted by Crippen LogP contribution is -2.20. The van der Waals surface area contributed by atoms with Crippen LogP contribution >= 0.6 is 15.9 Å². The molecule has 1 aromatic carbocycles. The number of aromatic hydroxyl groups is 1. The first-order valence-corrected chi connectivity index (χ1v) is 6.13. The maximum absolute atomic E-state index is 12.0. The maximum atomic E-state index is 12.0. The van der Waals surface area contributed by atoms with E-state index in [4.69, 9.17) is 5.73 Å². The molecule has 0 atom stereocenters. The third-order valence-electron chi connectivity index (χ3n) is 2.43. The molecule has 6 nitrogen and oxygen atoms in total. The molecule has 0 aliphatic heterocycles. The van der Waals surface area contributed by atoms with Crippen molar-refractivity contribution in [2.24, 2.45) is 5.73 Å². The number of H-pyrrole nitrogens is 1. The molecule has 1 aromatic heterocycles. The molecule has 2 aromatic rings. The lowest BCUT2D eigenvalue weighted by atomic mass is 10.1. The molecule has 0 radical (unpaired) electrons. The van der Waals surface area contributed by atoms with Gasteiger partial charge in [0, 0.05) is 10.0 Å². The van der Waals surface area contributed by atoms with Crippen LogP contribution in [-0.4, -0.2) is 21.0 Å². The molecule has 0 aliphatic rings. The summed E-state index contributed by atoms with van der Waals surface area (Å²) in [5.74, 6) is -1.05. The number of benzene rings is 1. The van der Waals surface area contributed by atoms with Crippen LogP contribution in [-0.2, 0) is 11.2 Å². The van der Waals surface area contributed by atoms with Crippen LogP contribution in [0.4, 0.5) is 0 Å². The molecule has 0 fully saturated rings. The van der Waals surface area contributed by atoms with Crippen LogP contribution in [0.1, 0.15) is 5.82 Å². The highest BCUT2D eigenvalue weighted by molar-refractivity contribution is 9.10. The third-order valence-corrected chi connectivity index (χ3v) is 3.13. The second-order valence-corrected chi connectivity index (χ2v) is 4.69. The zero-order valence-corrected chi connectivity index (χ0v) is 11.3. The third kappa shape index (κ3) is 2.82. The van der Waals surface area contributed by atoms with Gasteiger partial charge in [-0.05, 0) is 6.07 Å². The number of nitrogens with two attached hydrogens (primary N) is 1. The minimum absolute atomic E-state index is 0.0332. The van der Waals surface area contributed by atoms with Crippen LogP contribution in [0.3, 0.4) is 0 Å². The highest BCUT2D eigenvalue weighted by Gasteiger charge is 2.15. The van der Waals surface area contributed by atoms with Gasteiger partial charge >= 0.3 is 0 Å². The Morgan fingerprint density at radius 1 is 1.42 bits per heavy atom. The minimum atomic E-state index is -0.642. The van der Waals surface area contributed by atoms with Gasteiger partial charge < -0.3 is 15.8 Å². The molecule has 0 unspecified atom stereocenters. The van der Waals surface area contributed by atoms with Gasteiger partial charge in [0.15, 0.2) is 0 Å². The van der Waals surface area contributed by atoms with Gasteiger partial charge in [0.1, 0.15) is 11.4 Å². The predicted molar refractivity (Wildman–Crippen MR) is 72.6 cm³/mol. The first kappa shape index (κ1) is 13.3. The maximum Gasteiger partial charge on any atom is 0.262 e. The lowest BCUT2D eigenvalue weighted by Gasteiger charge is -2.06. The van der Waals surface area contributed by atoms with Crippen molar-refractivity contribution in [2.75, 3.05) is 0 Å². The number of hydrogen-bond donors (Lipinski definition) is 3. The molecule has 0 aliphatic carbocycles. The summed E-state index contributed by atoms with van der Waals surface area (Å²) in [5.41, 5.74) is 5.03. The smallest absolute Gasteiger partial charge is 0.262 e. The lowest BCUT2D eigenvalue weighted by molar-refractivity contribution is -0.117. The molecule has 19 heavy (non-hydrogen) atoms. The van der Waals surface area contributed by atoms with Crippen LogP contribution in [0.2, 0.25) is 0 Å². The van der Waals surface area contributed by atoms with Crippen molar-refractivity contribution in [1.29, 1.82) is 0 Å². The fourth-order valence-electron chi connectivity index (χ4n) is 1.66. The summed E-state index contributed by atoms with van der Waals surface area (Å²) < 4.78 is 0.653. The number of halogens is 1. The molecule has 98 valence electrons. The average Bonchev–Trinajstić information content (AvgIpc) is 2.29. The van der Waals surface area contributed by atoms with E-state index in [-0.39, 0.29) is 17.8 Å². The van der Waals surface area contributed by atoms with Gasteiger partial charge in [-0.3, -0.25) is 9.59 Å². The molecular weight excluding hydrogens is 314 g/mol.